The number of rotatable bonds is 8. The van der Waals surface area contributed by atoms with Crippen LogP contribution in [0.2, 0.25) is 0 Å². The number of benzene rings is 1. The molecule has 0 heterocycles. The minimum Gasteiger partial charge on any atom is -0.379 e. The van der Waals surface area contributed by atoms with Gasteiger partial charge in [0.25, 0.3) is 5.69 Å². The highest BCUT2D eigenvalue weighted by Crippen LogP contribution is 2.28. The van der Waals surface area contributed by atoms with Gasteiger partial charge in [-0.05, 0) is 24.3 Å². The zero-order valence-electron chi connectivity index (χ0n) is 13.7. The third kappa shape index (κ3) is 5.86. The molecule has 7 nitrogen and oxygen atoms in total. The Labute approximate surface area is 136 Å². The van der Waals surface area contributed by atoms with Gasteiger partial charge in [0, 0.05) is 45.9 Å². The predicted octanol–water partition coefficient (Wildman–Crippen LogP) is 2.03. The van der Waals surface area contributed by atoms with Crippen molar-refractivity contribution in [2.24, 2.45) is 10.9 Å². The molecule has 0 spiro atoms. The highest BCUT2D eigenvalue weighted by atomic mass is 16.6. The molecule has 0 unspecified atom stereocenters. The van der Waals surface area contributed by atoms with Crippen LogP contribution in [0.25, 0.3) is 0 Å². The number of nitrogens with one attached hydrogen (secondary N) is 1. The Morgan fingerprint density at radius 3 is 2.70 bits per heavy atom. The van der Waals surface area contributed by atoms with Crippen molar-refractivity contribution in [1.82, 2.24) is 10.2 Å². The molecule has 0 amide bonds. The first-order valence-corrected chi connectivity index (χ1v) is 7.83. The van der Waals surface area contributed by atoms with Crippen molar-refractivity contribution in [2.75, 3.05) is 33.9 Å². The molecule has 23 heavy (non-hydrogen) atoms. The molecule has 1 aromatic carbocycles. The molecule has 1 N–H and O–H groups in total. The molecule has 126 valence electrons. The van der Waals surface area contributed by atoms with Crippen LogP contribution >= 0.6 is 0 Å². The number of nitro benzene ring substituents is 1. The summed E-state index contributed by atoms with van der Waals surface area (Å²) in [5.41, 5.74) is 1.07. The van der Waals surface area contributed by atoms with Crippen LogP contribution in [0.5, 0.6) is 0 Å². The predicted molar refractivity (Wildman–Crippen MR) is 89.5 cm³/mol. The summed E-state index contributed by atoms with van der Waals surface area (Å²) in [5, 5.41) is 13.9. The van der Waals surface area contributed by atoms with Crippen LogP contribution in [0, 0.1) is 16.0 Å². The number of nitrogens with zero attached hydrogens (tertiary/aromatic N) is 3. The SMILES string of the molecule is CN=C(NCc1ccc([N+](=O)[O-])cc1)N(C)CCOCC1CC1. The van der Waals surface area contributed by atoms with Gasteiger partial charge < -0.3 is 15.0 Å². The van der Waals surface area contributed by atoms with E-state index >= 15 is 0 Å². The third-order valence-electron chi connectivity index (χ3n) is 3.79. The summed E-state index contributed by atoms with van der Waals surface area (Å²) in [6, 6.07) is 6.51. The Morgan fingerprint density at radius 2 is 2.13 bits per heavy atom. The zero-order chi connectivity index (χ0) is 16.7. The van der Waals surface area contributed by atoms with Gasteiger partial charge in [0.2, 0.25) is 0 Å². The normalized spacial score (nSPS) is 14.6. The van der Waals surface area contributed by atoms with Crippen molar-refractivity contribution in [2.45, 2.75) is 19.4 Å². The number of non-ortho nitro benzene ring substituents is 1. The van der Waals surface area contributed by atoms with Gasteiger partial charge in [0.05, 0.1) is 11.5 Å². The number of likely N-dealkylation sites (N-methyl/N-ethyl adjacent to an activating group) is 1. The number of aliphatic imine (C=N–C) groups is 1. The molecular weight excluding hydrogens is 296 g/mol. The number of nitro groups is 1. The molecule has 2 rings (SSSR count). The minimum atomic E-state index is -0.397. The van der Waals surface area contributed by atoms with Crippen LogP contribution in [-0.2, 0) is 11.3 Å². The van der Waals surface area contributed by atoms with E-state index in [0.717, 1.165) is 30.6 Å². The molecule has 0 aliphatic heterocycles. The lowest BCUT2D eigenvalue weighted by molar-refractivity contribution is -0.384. The summed E-state index contributed by atoms with van der Waals surface area (Å²) in [7, 11) is 3.70. The van der Waals surface area contributed by atoms with E-state index in [0.29, 0.717) is 13.2 Å². The molecule has 1 saturated carbocycles. The lowest BCUT2D eigenvalue weighted by Crippen LogP contribution is -2.40. The summed E-state index contributed by atoms with van der Waals surface area (Å²) in [6.07, 6.45) is 2.60. The van der Waals surface area contributed by atoms with Gasteiger partial charge in [-0.1, -0.05) is 12.1 Å². The summed E-state index contributed by atoms with van der Waals surface area (Å²) in [4.78, 5) is 16.5. The first-order chi connectivity index (χ1) is 11.1. The highest BCUT2D eigenvalue weighted by Gasteiger charge is 2.21. The largest absolute Gasteiger partial charge is 0.379 e. The molecule has 1 aliphatic carbocycles. The second-order valence-corrected chi connectivity index (χ2v) is 5.76. The van der Waals surface area contributed by atoms with E-state index in [-0.39, 0.29) is 5.69 Å². The number of ether oxygens (including phenoxy) is 1. The first kappa shape index (κ1) is 17.2. The number of hydrogen-bond acceptors (Lipinski definition) is 4. The molecule has 0 radical (unpaired) electrons. The van der Waals surface area contributed by atoms with Crippen LogP contribution in [0.15, 0.2) is 29.3 Å². The molecule has 1 aromatic rings. The number of hydrogen-bond donors (Lipinski definition) is 1. The van der Waals surface area contributed by atoms with Crippen molar-refractivity contribution in [3.8, 4) is 0 Å². The Bertz CT molecular complexity index is 541. The summed E-state index contributed by atoms with van der Waals surface area (Å²) in [5.74, 6) is 1.55. The van der Waals surface area contributed by atoms with Gasteiger partial charge in [-0.25, -0.2) is 0 Å². The van der Waals surface area contributed by atoms with E-state index in [4.69, 9.17) is 4.74 Å². The molecule has 7 heteroatoms. The Morgan fingerprint density at radius 1 is 1.43 bits per heavy atom. The van der Waals surface area contributed by atoms with E-state index in [2.05, 4.69) is 10.3 Å². The van der Waals surface area contributed by atoms with Crippen LogP contribution in [0.3, 0.4) is 0 Å². The van der Waals surface area contributed by atoms with Crippen LogP contribution in [-0.4, -0.2) is 49.6 Å². The second-order valence-electron chi connectivity index (χ2n) is 5.76. The molecular formula is C16H24N4O3. The molecule has 1 aliphatic rings. The van der Waals surface area contributed by atoms with E-state index in [1.807, 2.05) is 11.9 Å². The van der Waals surface area contributed by atoms with E-state index in [1.54, 1.807) is 19.2 Å². The van der Waals surface area contributed by atoms with E-state index in [9.17, 15) is 10.1 Å². The quantitative estimate of drug-likeness (QED) is 0.261. The molecule has 0 bridgehead atoms. The van der Waals surface area contributed by atoms with Crippen molar-refractivity contribution >= 4 is 11.6 Å². The van der Waals surface area contributed by atoms with Gasteiger partial charge in [-0.2, -0.15) is 0 Å². The van der Waals surface area contributed by atoms with Crippen molar-refractivity contribution < 1.29 is 9.66 Å². The number of guanidine groups is 1. The lowest BCUT2D eigenvalue weighted by Gasteiger charge is -2.22. The summed E-state index contributed by atoms with van der Waals surface area (Å²) >= 11 is 0. The standard InChI is InChI=1S/C16H24N4O3/c1-17-16(19(2)9-10-23-12-14-3-4-14)18-11-13-5-7-15(8-6-13)20(21)22/h5-8,14H,3-4,9-12H2,1-2H3,(H,17,18). The van der Waals surface area contributed by atoms with E-state index < -0.39 is 4.92 Å². The van der Waals surface area contributed by atoms with Crippen molar-refractivity contribution in [3.63, 3.8) is 0 Å². The minimum absolute atomic E-state index is 0.100. The van der Waals surface area contributed by atoms with E-state index in [1.165, 1.54) is 25.0 Å². The fraction of sp³-hybridized carbons (Fsp3) is 0.562. The topological polar surface area (TPSA) is 80.0 Å². The monoisotopic (exact) mass is 320 g/mol. The van der Waals surface area contributed by atoms with Gasteiger partial charge in [-0.3, -0.25) is 15.1 Å². The average molecular weight is 320 g/mol. The fourth-order valence-electron chi connectivity index (χ4n) is 2.14. The Balaban J connectivity index is 1.73. The zero-order valence-corrected chi connectivity index (χ0v) is 13.7. The molecule has 0 saturated heterocycles. The molecule has 1 fully saturated rings. The summed E-state index contributed by atoms with van der Waals surface area (Å²) < 4.78 is 5.63. The van der Waals surface area contributed by atoms with Crippen LogP contribution in [0.1, 0.15) is 18.4 Å². The maximum absolute atomic E-state index is 10.6. The fourth-order valence-corrected chi connectivity index (χ4v) is 2.14. The van der Waals surface area contributed by atoms with Gasteiger partial charge >= 0.3 is 0 Å². The third-order valence-corrected chi connectivity index (χ3v) is 3.79. The van der Waals surface area contributed by atoms with Gasteiger partial charge in [0.15, 0.2) is 5.96 Å². The summed E-state index contributed by atoms with van der Waals surface area (Å²) in [6.45, 7) is 2.89. The maximum atomic E-state index is 10.6. The first-order valence-electron chi connectivity index (χ1n) is 7.83. The molecule has 0 aromatic heterocycles. The lowest BCUT2D eigenvalue weighted by atomic mass is 10.2. The second kappa shape index (κ2) is 8.47. The Kier molecular flexibility index (Phi) is 6.34. The van der Waals surface area contributed by atoms with Gasteiger partial charge in [-0.15, -0.1) is 0 Å². The van der Waals surface area contributed by atoms with Crippen LogP contribution < -0.4 is 5.32 Å². The maximum Gasteiger partial charge on any atom is 0.269 e. The smallest absolute Gasteiger partial charge is 0.269 e. The van der Waals surface area contributed by atoms with Gasteiger partial charge in [0.1, 0.15) is 0 Å². The van der Waals surface area contributed by atoms with Crippen LogP contribution in [0.4, 0.5) is 5.69 Å². The van der Waals surface area contributed by atoms with Crippen molar-refractivity contribution in [1.29, 1.82) is 0 Å². The highest BCUT2D eigenvalue weighted by molar-refractivity contribution is 5.79. The average Bonchev–Trinajstić information content (AvgIpc) is 3.37. The Hall–Kier alpha value is -2.15. The van der Waals surface area contributed by atoms with Crippen molar-refractivity contribution in [3.05, 3.63) is 39.9 Å². The molecule has 0 atom stereocenters.